The first-order chi connectivity index (χ1) is 10.1. The first-order valence-corrected chi connectivity index (χ1v) is 7.07. The lowest BCUT2D eigenvalue weighted by Crippen LogP contribution is -2.16. The molecule has 0 bridgehead atoms. The molecule has 1 atom stereocenters. The molecule has 0 aliphatic carbocycles. The number of benzene rings is 1. The SMILES string of the molecule is COc1ccc(-n2cncc2C(N)CC(C)C)c(OC)c1. The third-order valence-electron chi connectivity index (χ3n) is 3.42. The Balaban J connectivity index is 2.41. The van der Waals surface area contributed by atoms with Gasteiger partial charge in [0.25, 0.3) is 0 Å². The molecule has 0 aliphatic rings. The Bertz CT molecular complexity index is 593. The van der Waals surface area contributed by atoms with Crippen molar-refractivity contribution in [2.75, 3.05) is 14.2 Å². The molecule has 2 aromatic rings. The summed E-state index contributed by atoms with van der Waals surface area (Å²) in [6, 6.07) is 5.65. The molecule has 1 unspecified atom stereocenters. The van der Waals surface area contributed by atoms with Crippen molar-refractivity contribution in [2.24, 2.45) is 11.7 Å². The van der Waals surface area contributed by atoms with Crippen LogP contribution >= 0.6 is 0 Å². The molecule has 0 saturated carbocycles. The van der Waals surface area contributed by atoms with Gasteiger partial charge in [-0.1, -0.05) is 13.8 Å². The zero-order valence-corrected chi connectivity index (χ0v) is 13.0. The summed E-state index contributed by atoms with van der Waals surface area (Å²) in [7, 11) is 3.28. The molecule has 0 fully saturated rings. The molecule has 0 saturated heterocycles. The lowest BCUT2D eigenvalue weighted by molar-refractivity contribution is 0.392. The molecule has 114 valence electrons. The van der Waals surface area contributed by atoms with Gasteiger partial charge in [-0.05, 0) is 24.5 Å². The van der Waals surface area contributed by atoms with Crippen molar-refractivity contribution in [1.29, 1.82) is 0 Å². The van der Waals surface area contributed by atoms with E-state index >= 15 is 0 Å². The summed E-state index contributed by atoms with van der Waals surface area (Å²) in [5, 5.41) is 0. The van der Waals surface area contributed by atoms with Crippen molar-refractivity contribution >= 4 is 0 Å². The van der Waals surface area contributed by atoms with Gasteiger partial charge in [0, 0.05) is 12.1 Å². The van der Waals surface area contributed by atoms with Crippen LogP contribution < -0.4 is 15.2 Å². The van der Waals surface area contributed by atoms with Crippen molar-refractivity contribution in [3.8, 4) is 17.2 Å². The molecular formula is C16H23N3O2. The van der Waals surface area contributed by atoms with Gasteiger partial charge in [-0.3, -0.25) is 4.57 Å². The molecule has 0 amide bonds. The van der Waals surface area contributed by atoms with Crippen molar-refractivity contribution in [2.45, 2.75) is 26.3 Å². The largest absolute Gasteiger partial charge is 0.497 e. The summed E-state index contributed by atoms with van der Waals surface area (Å²) in [4.78, 5) is 4.24. The fraction of sp³-hybridized carbons (Fsp3) is 0.438. The average molecular weight is 289 g/mol. The van der Waals surface area contributed by atoms with E-state index in [-0.39, 0.29) is 6.04 Å². The predicted molar refractivity (Wildman–Crippen MR) is 83.1 cm³/mol. The molecule has 2 rings (SSSR count). The standard InChI is InChI=1S/C16H23N3O2/c1-11(2)7-13(17)15-9-18-10-19(15)14-6-5-12(20-3)8-16(14)21-4/h5-6,8-11,13H,7,17H2,1-4H3. The number of hydrogen-bond acceptors (Lipinski definition) is 4. The molecular weight excluding hydrogens is 266 g/mol. The van der Waals surface area contributed by atoms with Gasteiger partial charge in [-0.25, -0.2) is 4.98 Å². The maximum Gasteiger partial charge on any atom is 0.146 e. The fourth-order valence-corrected chi connectivity index (χ4v) is 2.39. The second-order valence-corrected chi connectivity index (χ2v) is 5.46. The first kappa shape index (κ1) is 15.4. The Hall–Kier alpha value is -2.01. The van der Waals surface area contributed by atoms with Gasteiger partial charge in [0.15, 0.2) is 0 Å². The summed E-state index contributed by atoms with van der Waals surface area (Å²) in [6.07, 6.45) is 4.49. The lowest BCUT2D eigenvalue weighted by Gasteiger charge is -2.18. The van der Waals surface area contributed by atoms with Crippen LogP contribution in [0.1, 0.15) is 32.0 Å². The van der Waals surface area contributed by atoms with Gasteiger partial charge in [0.2, 0.25) is 0 Å². The molecule has 1 aromatic heterocycles. The summed E-state index contributed by atoms with van der Waals surface area (Å²) in [6.45, 7) is 4.32. The zero-order valence-electron chi connectivity index (χ0n) is 13.0. The molecule has 21 heavy (non-hydrogen) atoms. The minimum atomic E-state index is -0.0562. The summed E-state index contributed by atoms with van der Waals surface area (Å²) < 4.78 is 12.7. The fourth-order valence-electron chi connectivity index (χ4n) is 2.39. The number of imidazole rings is 1. The van der Waals surface area contributed by atoms with E-state index in [1.54, 1.807) is 20.5 Å². The number of hydrogen-bond donors (Lipinski definition) is 1. The second kappa shape index (κ2) is 6.63. The number of aromatic nitrogens is 2. The highest BCUT2D eigenvalue weighted by molar-refractivity contribution is 5.51. The van der Waals surface area contributed by atoms with Crippen LogP contribution in [0.3, 0.4) is 0 Å². The molecule has 1 aromatic carbocycles. The summed E-state index contributed by atoms with van der Waals surface area (Å²) >= 11 is 0. The number of nitrogens with two attached hydrogens (primary N) is 1. The minimum Gasteiger partial charge on any atom is -0.497 e. The molecule has 5 nitrogen and oxygen atoms in total. The normalized spacial score (nSPS) is 12.5. The van der Waals surface area contributed by atoms with E-state index in [1.807, 2.05) is 29.0 Å². The van der Waals surface area contributed by atoms with Crippen LogP contribution in [0.2, 0.25) is 0 Å². The topological polar surface area (TPSA) is 62.3 Å². The monoisotopic (exact) mass is 289 g/mol. The Morgan fingerprint density at radius 2 is 2.00 bits per heavy atom. The quantitative estimate of drug-likeness (QED) is 0.888. The van der Waals surface area contributed by atoms with Gasteiger partial charge in [0.1, 0.15) is 11.5 Å². The van der Waals surface area contributed by atoms with Crippen LogP contribution in [0, 0.1) is 5.92 Å². The maximum atomic E-state index is 6.30. The van der Waals surface area contributed by atoms with Crippen molar-refractivity contribution in [3.63, 3.8) is 0 Å². The number of nitrogens with zero attached hydrogens (tertiary/aromatic N) is 2. The van der Waals surface area contributed by atoms with Crippen LogP contribution in [0.5, 0.6) is 11.5 Å². The van der Waals surface area contributed by atoms with E-state index in [2.05, 4.69) is 18.8 Å². The Morgan fingerprint density at radius 3 is 2.62 bits per heavy atom. The van der Waals surface area contributed by atoms with Crippen LogP contribution in [-0.4, -0.2) is 23.8 Å². The van der Waals surface area contributed by atoms with Gasteiger partial charge in [0.05, 0.1) is 38.1 Å². The van der Waals surface area contributed by atoms with Crippen molar-refractivity contribution in [3.05, 3.63) is 36.4 Å². The Morgan fingerprint density at radius 1 is 1.24 bits per heavy atom. The van der Waals surface area contributed by atoms with Crippen molar-refractivity contribution in [1.82, 2.24) is 9.55 Å². The smallest absolute Gasteiger partial charge is 0.146 e. The highest BCUT2D eigenvalue weighted by atomic mass is 16.5. The van der Waals surface area contributed by atoms with E-state index < -0.39 is 0 Å². The number of ether oxygens (including phenoxy) is 2. The van der Waals surface area contributed by atoms with Gasteiger partial charge in [-0.2, -0.15) is 0 Å². The summed E-state index contributed by atoms with van der Waals surface area (Å²) in [5.74, 6) is 2.01. The first-order valence-electron chi connectivity index (χ1n) is 7.07. The van der Waals surface area contributed by atoms with E-state index in [0.717, 1.165) is 29.3 Å². The lowest BCUT2D eigenvalue weighted by atomic mass is 10.0. The maximum absolute atomic E-state index is 6.30. The summed E-state index contributed by atoms with van der Waals surface area (Å²) in [5.41, 5.74) is 8.19. The molecule has 0 aliphatic heterocycles. The van der Waals surface area contributed by atoms with E-state index in [1.165, 1.54) is 0 Å². The Labute approximate surface area is 125 Å². The average Bonchev–Trinajstić information content (AvgIpc) is 2.95. The molecule has 5 heteroatoms. The van der Waals surface area contributed by atoms with Crippen LogP contribution in [0.4, 0.5) is 0 Å². The highest BCUT2D eigenvalue weighted by Gasteiger charge is 2.16. The van der Waals surface area contributed by atoms with Gasteiger partial charge >= 0.3 is 0 Å². The second-order valence-electron chi connectivity index (χ2n) is 5.46. The van der Waals surface area contributed by atoms with E-state index in [0.29, 0.717) is 5.92 Å². The van der Waals surface area contributed by atoms with Gasteiger partial charge < -0.3 is 15.2 Å². The predicted octanol–water partition coefficient (Wildman–Crippen LogP) is 2.94. The van der Waals surface area contributed by atoms with E-state index in [4.69, 9.17) is 15.2 Å². The number of methoxy groups -OCH3 is 2. The van der Waals surface area contributed by atoms with E-state index in [9.17, 15) is 0 Å². The van der Waals surface area contributed by atoms with Crippen LogP contribution in [0.15, 0.2) is 30.7 Å². The van der Waals surface area contributed by atoms with Gasteiger partial charge in [-0.15, -0.1) is 0 Å². The van der Waals surface area contributed by atoms with Crippen LogP contribution in [0.25, 0.3) is 5.69 Å². The third kappa shape index (κ3) is 3.36. The minimum absolute atomic E-state index is 0.0562. The Kier molecular flexibility index (Phi) is 4.85. The van der Waals surface area contributed by atoms with Crippen molar-refractivity contribution < 1.29 is 9.47 Å². The number of rotatable bonds is 6. The third-order valence-corrected chi connectivity index (χ3v) is 3.42. The zero-order chi connectivity index (χ0) is 15.4. The molecule has 0 spiro atoms. The molecule has 0 radical (unpaired) electrons. The molecule has 2 N–H and O–H groups in total. The van der Waals surface area contributed by atoms with Crippen LogP contribution in [-0.2, 0) is 0 Å². The molecule has 1 heterocycles. The highest BCUT2D eigenvalue weighted by Crippen LogP contribution is 2.30.